The van der Waals surface area contributed by atoms with Gasteiger partial charge in [0.15, 0.2) is 12.0 Å². The maximum Gasteiger partial charge on any atom is 0.328 e. The predicted molar refractivity (Wildman–Crippen MR) is 137 cm³/mol. The number of phenolic OH excluding ortho intramolecular Hbond substituents is 1. The molecule has 16 heteroatoms. The third-order valence-electron chi connectivity index (χ3n) is 5.37. The molecule has 0 radical (unpaired) electrons. The SMILES string of the molecule is CC(O)C(NC(=O)C(Cc1ccc(O)cc1)NC(=O)C(CC(=O)O)NC(=O)C(N)CCCN=C(N)N)C(=O)O. The van der Waals surface area contributed by atoms with E-state index in [-0.39, 0.29) is 31.1 Å². The molecule has 0 saturated heterocycles. The van der Waals surface area contributed by atoms with Crippen LogP contribution in [0.5, 0.6) is 5.75 Å². The average molecular weight is 554 g/mol. The van der Waals surface area contributed by atoms with Gasteiger partial charge in [-0.25, -0.2) is 4.79 Å². The molecule has 1 aromatic carbocycles. The highest BCUT2D eigenvalue weighted by Crippen LogP contribution is 2.12. The molecule has 0 aliphatic carbocycles. The first-order valence-electron chi connectivity index (χ1n) is 11.8. The Morgan fingerprint density at radius 1 is 0.923 bits per heavy atom. The number of nitrogens with zero attached hydrogens (tertiary/aromatic N) is 1. The number of aliphatic carboxylic acids is 2. The van der Waals surface area contributed by atoms with Crippen molar-refractivity contribution in [3.05, 3.63) is 29.8 Å². The first kappa shape index (κ1) is 32.6. The minimum absolute atomic E-state index is 0.0669. The highest BCUT2D eigenvalue weighted by atomic mass is 16.4. The number of aromatic hydroxyl groups is 1. The van der Waals surface area contributed by atoms with Gasteiger partial charge < -0.3 is 53.6 Å². The summed E-state index contributed by atoms with van der Waals surface area (Å²) < 4.78 is 0. The first-order valence-corrected chi connectivity index (χ1v) is 11.8. The molecule has 3 amide bonds. The molecular weight excluding hydrogens is 518 g/mol. The lowest BCUT2D eigenvalue weighted by molar-refractivity contribution is -0.145. The Bertz CT molecular complexity index is 1040. The van der Waals surface area contributed by atoms with Crippen molar-refractivity contribution in [3.8, 4) is 5.75 Å². The van der Waals surface area contributed by atoms with Gasteiger partial charge in [0.1, 0.15) is 17.8 Å². The Hall–Kier alpha value is -4.44. The second-order valence-electron chi connectivity index (χ2n) is 8.71. The molecule has 0 aromatic heterocycles. The Labute approximate surface area is 223 Å². The van der Waals surface area contributed by atoms with Crippen LogP contribution in [-0.2, 0) is 30.4 Å². The molecule has 0 bridgehead atoms. The third-order valence-corrected chi connectivity index (χ3v) is 5.37. The number of guanidine groups is 1. The number of phenols is 1. The molecule has 39 heavy (non-hydrogen) atoms. The largest absolute Gasteiger partial charge is 0.508 e. The zero-order valence-electron chi connectivity index (χ0n) is 21.2. The highest BCUT2D eigenvalue weighted by Gasteiger charge is 2.32. The Morgan fingerprint density at radius 2 is 1.49 bits per heavy atom. The molecule has 5 unspecified atom stereocenters. The van der Waals surface area contributed by atoms with Gasteiger partial charge in [-0.15, -0.1) is 0 Å². The summed E-state index contributed by atoms with van der Waals surface area (Å²) in [6.07, 6.45) is -2.10. The molecule has 0 aliphatic rings. The van der Waals surface area contributed by atoms with Crippen molar-refractivity contribution < 1.29 is 44.4 Å². The third kappa shape index (κ3) is 12.1. The number of carbonyl (C=O) groups excluding carboxylic acids is 3. The van der Waals surface area contributed by atoms with E-state index in [1.54, 1.807) is 0 Å². The highest BCUT2D eigenvalue weighted by molar-refractivity contribution is 5.95. The van der Waals surface area contributed by atoms with Gasteiger partial charge in [0.05, 0.1) is 18.6 Å². The van der Waals surface area contributed by atoms with E-state index < -0.39 is 66.4 Å². The van der Waals surface area contributed by atoms with Crippen molar-refractivity contribution in [2.24, 2.45) is 22.2 Å². The van der Waals surface area contributed by atoms with Gasteiger partial charge in [-0.2, -0.15) is 0 Å². The van der Waals surface area contributed by atoms with Crippen LogP contribution < -0.4 is 33.2 Å². The van der Waals surface area contributed by atoms with E-state index in [1.807, 2.05) is 0 Å². The average Bonchev–Trinajstić information content (AvgIpc) is 2.84. The first-order chi connectivity index (χ1) is 18.2. The number of aliphatic imine (C=N–C) groups is 1. The van der Waals surface area contributed by atoms with Gasteiger partial charge in [-0.3, -0.25) is 24.2 Å². The van der Waals surface area contributed by atoms with Gasteiger partial charge in [-0.05, 0) is 37.5 Å². The Kier molecular flexibility index (Phi) is 13.1. The van der Waals surface area contributed by atoms with Crippen LogP contribution in [-0.4, -0.2) is 92.9 Å². The number of nitrogens with two attached hydrogens (primary N) is 3. The van der Waals surface area contributed by atoms with Gasteiger partial charge in [0, 0.05) is 13.0 Å². The van der Waals surface area contributed by atoms with E-state index in [0.29, 0.717) is 12.0 Å². The molecule has 0 heterocycles. The quantitative estimate of drug-likeness (QED) is 0.0547. The van der Waals surface area contributed by atoms with Crippen molar-refractivity contribution >= 4 is 35.6 Å². The van der Waals surface area contributed by atoms with Crippen LogP contribution in [0.15, 0.2) is 29.3 Å². The van der Waals surface area contributed by atoms with Gasteiger partial charge in [0.2, 0.25) is 17.7 Å². The molecule has 0 fully saturated rings. The summed E-state index contributed by atoms with van der Waals surface area (Å²) in [7, 11) is 0. The van der Waals surface area contributed by atoms with Crippen LogP contribution in [0.4, 0.5) is 0 Å². The zero-order chi connectivity index (χ0) is 29.7. The second kappa shape index (κ2) is 15.7. The number of aliphatic hydroxyl groups excluding tert-OH is 1. The molecule has 1 rings (SSSR count). The number of hydrogen-bond donors (Lipinski definition) is 10. The van der Waals surface area contributed by atoms with Gasteiger partial charge >= 0.3 is 11.9 Å². The number of carboxylic acid groups (broad SMARTS) is 2. The minimum Gasteiger partial charge on any atom is -0.508 e. The lowest BCUT2D eigenvalue weighted by Crippen LogP contribution is -2.59. The molecule has 0 aliphatic heterocycles. The summed E-state index contributed by atoms with van der Waals surface area (Å²) in [6.45, 7) is 1.34. The summed E-state index contributed by atoms with van der Waals surface area (Å²) in [6, 6.07) is -0.380. The van der Waals surface area contributed by atoms with E-state index in [1.165, 1.54) is 24.3 Å². The predicted octanol–water partition coefficient (Wildman–Crippen LogP) is -3.29. The van der Waals surface area contributed by atoms with Gasteiger partial charge in [-0.1, -0.05) is 12.1 Å². The van der Waals surface area contributed by atoms with Gasteiger partial charge in [0.25, 0.3) is 0 Å². The second-order valence-corrected chi connectivity index (χ2v) is 8.71. The monoisotopic (exact) mass is 553 g/mol. The summed E-state index contributed by atoms with van der Waals surface area (Å²) >= 11 is 0. The molecule has 0 saturated carbocycles. The normalized spacial score (nSPS) is 14.5. The summed E-state index contributed by atoms with van der Waals surface area (Å²) in [5.74, 6) is -6.05. The van der Waals surface area contributed by atoms with Crippen molar-refractivity contribution in [1.82, 2.24) is 16.0 Å². The minimum atomic E-state index is -1.71. The number of benzene rings is 1. The molecule has 5 atom stereocenters. The van der Waals surface area contributed by atoms with E-state index >= 15 is 0 Å². The molecule has 0 spiro atoms. The molecule has 1 aromatic rings. The van der Waals surface area contributed by atoms with Crippen LogP contribution in [0, 0.1) is 0 Å². The summed E-state index contributed by atoms with van der Waals surface area (Å²) in [4.78, 5) is 65.0. The lowest BCUT2D eigenvalue weighted by Gasteiger charge is -2.25. The van der Waals surface area contributed by atoms with Crippen molar-refractivity contribution in [2.75, 3.05) is 6.54 Å². The number of amides is 3. The van der Waals surface area contributed by atoms with Crippen molar-refractivity contribution in [3.63, 3.8) is 0 Å². The maximum absolute atomic E-state index is 13.0. The fourth-order valence-electron chi connectivity index (χ4n) is 3.30. The van der Waals surface area contributed by atoms with Crippen LogP contribution in [0.2, 0.25) is 0 Å². The molecule has 16 nitrogen and oxygen atoms in total. The van der Waals surface area contributed by atoms with Crippen LogP contribution >= 0.6 is 0 Å². The Balaban J connectivity index is 3.08. The van der Waals surface area contributed by atoms with Crippen LogP contribution in [0.3, 0.4) is 0 Å². The number of nitrogens with one attached hydrogen (secondary N) is 3. The fraction of sp³-hybridized carbons (Fsp3) is 0.478. The van der Waals surface area contributed by atoms with Crippen LogP contribution in [0.1, 0.15) is 31.7 Å². The fourth-order valence-corrected chi connectivity index (χ4v) is 3.30. The van der Waals surface area contributed by atoms with Crippen LogP contribution in [0.25, 0.3) is 0 Å². The van der Waals surface area contributed by atoms with Crippen molar-refractivity contribution in [2.45, 2.75) is 62.9 Å². The maximum atomic E-state index is 13.0. The number of carbonyl (C=O) groups is 5. The number of hydrogen-bond acceptors (Lipinski definition) is 9. The van der Waals surface area contributed by atoms with E-state index in [2.05, 4.69) is 20.9 Å². The number of carboxylic acids is 2. The Morgan fingerprint density at radius 3 is 2.00 bits per heavy atom. The number of rotatable bonds is 16. The van der Waals surface area contributed by atoms with E-state index in [9.17, 15) is 44.4 Å². The molecule has 216 valence electrons. The molecular formula is C23H35N7O9. The topological polar surface area (TPSA) is 293 Å². The summed E-state index contributed by atoms with van der Waals surface area (Å²) in [5.41, 5.74) is 16.7. The van der Waals surface area contributed by atoms with E-state index in [0.717, 1.165) is 6.92 Å². The smallest absolute Gasteiger partial charge is 0.328 e. The number of aliphatic hydroxyl groups is 1. The lowest BCUT2D eigenvalue weighted by atomic mass is 10.0. The summed E-state index contributed by atoms with van der Waals surface area (Å²) in [5, 5.41) is 44.4. The van der Waals surface area contributed by atoms with E-state index in [4.69, 9.17) is 17.2 Å². The van der Waals surface area contributed by atoms with Crippen molar-refractivity contribution in [1.29, 1.82) is 0 Å². The standard InChI is InChI=1S/C23H35N7O9/c1-11(31)18(22(38)39)30-21(37)15(9-12-4-6-13(32)7-5-12)29-20(36)16(10-17(33)34)28-19(35)14(24)3-2-8-27-23(25)26/h4-7,11,14-16,18,31-32H,2-3,8-10,24H2,1H3,(H,28,35)(H,29,36)(H,30,37)(H,33,34)(H,38,39)(H4,25,26,27). The molecule has 13 N–H and O–H groups in total. The zero-order valence-corrected chi connectivity index (χ0v) is 21.2.